The number of nitrogen functional groups attached to an aromatic ring is 1. The van der Waals surface area contributed by atoms with E-state index in [0.29, 0.717) is 17.8 Å². The number of nitrogens with two attached hydrogens (primary N) is 1. The number of nitrogens with zero attached hydrogens (tertiary/aromatic N) is 1. The van der Waals surface area contributed by atoms with Gasteiger partial charge in [0, 0.05) is 12.2 Å². The maximum absolute atomic E-state index is 12.0. The second kappa shape index (κ2) is 5.44. The number of anilines is 1. The van der Waals surface area contributed by atoms with Gasteiger partial charge in [-0.05, 0) is 26.3 Å². The van der Waals surface area contributed by atoms with Crippen molar-refractivity contribution >= 4 is 11.6 Å². The molecule has 3 N–H and O–H groups in total. The summed E-state index contributed by atoms with van der Waals surface area (Å²) in [7, 11) is 0. The van der Waals surface area contributed by atoms with Crippen LogP contribution in [0.15, 0.2) is 12.3 Å². The third kappa shape index (κ3) is 3.04. The Kier molecular flexibility index (Phi) is 4.22. The molecule has 0 saturated carbocycles. The fraction of sp³-hybridized carbons (Fsp3) is 0.462. The molecule has 0 spiro atoms. The molecule has 4 nitrogen and oxygen atoms in total. The summed E-state index contributed by atoms with van der Waals surface area (Å²) >= 11 is 0. The fourth-order valence-electron chi connectivity index (χ4n) is 1.60. The standard InChI is InChI=1S/C13H19N3O/c1-5-11(6-2)15-13(17)12-7-10(14)8-16(12)9(3)4/h1,7-9,11H,6,14H2,2-4H3,(H,15,17). The first-order valence-corrected chi connectivity index (χ1v) is 5.73. The SMILES string of the molecule is C#CC(CC)NC(=O)c1cc(N)cn1C(C)C. The summed E-state index contributed by atoms with van der Waals surface area (Å²) < 4.78 is 1.84. The van der Waals surface area contributed by atoms with E-state index in [9.17, 15) is 4.79 Å². The van der Waals surface area contributed by atoms with Crippen LogP contribution in [0.3, 0.4) is 0 Å². The van der Waals surface area contributed by atoms with Gasteiger partial charge in [-0.2, -0.15) is 0 Å². The third-order valence-electron chi connectivity index (χ3n) is 2.57. The predicted molar refractivity (Wildman–Crippen MR) is 69.6 cm³/mol. The number of carbonyl (C=O) groups excluding carboxylic acids is 1. The Balaban J connectivity index is 2.93. The van der Waals surface area contributed by atoms with Crippen molar-refractivity contribution in [1.29, 1.82) is 0 Å². The Bertz CT molecular complexity index is 440. The summed E-state index contributed by atoms with van der Waals surface area (Å²) in [5, 5.41) is 2.79. The molecular formula is C13H19N3O. The van der Waals surface area contributed by atoms with E-state index in [-0.39, 0.29) is 18.0 Å². The van der Waals surface area contributed by atoms with E-state index in [1.807, 2.05) is 25.3 Å². The number of hydrogen-bond donors (Lipinski definition) is 2. The van der Waals surface area contributed by atoms with Gasteiger partial charge >= 0.3 is 0 Å². The van der Waals surface area contributed by atoms with Crippen molar-refractivity contribution in [2.45, 2.75) is 39.3 Å². The van der Waals surface area contributed by atoms with Crippen LogP contribution in [-0.4, -0.2) is 16.5 Å². The van der Waals surface area contributed by atoms with E-state index in [0.717, 1.165) is 0 Å². The molecule has 0 aliphatic carbocycles. The molecular weight excluding hydrogens is 214 g/mol. The number of aromatic nitrogens is 1. The van der Waals surface area contributed by atoms with Gasteiger partial charge in [-0.3, -0.25) is 4.79 Å². The van der Waals surface area contributed by atoms with E-state index >= 15 is 0 Å². The highest BCUT2D eigenvalue weighted by Crippen LogP contribution is 2.16. The molecule has 0 aliphatic rings. The average Bonchev–Trinajstić information content (AvgIpc) is 2.68. The number of terminal acetylenes is 1. The number of amides is 1. The minimum atomic E-state index is -0.237. The van der Waals surface area contributed by atoms with Crippen LogP contribution >= 0.6 is 0 Å². The zero-order chi connectivity index (χ0) is 13.0. The fourth-order valence-corrected chi connectivity index (χ4v) is 1.60. The lowest BCUT2D eigenvalue weighted by atomic mass is 10.2. The summed E-state index contributed by atoms with van der Waals surface area (Å²) in [4.78, 5) is 12.0. The summed E-state index contributed by atoms with van der Waals surface area (Å²) in [6.45, 7) is 5.92. The van der Waals surface area contributed by atoms with E-state index < -0.39 is 0 Å². The molecule has 1 aromatic heterocycles. The molecule has 1 atom stereocenters. The van der Waals surface area contributed by atoms with E-state index in [2.05, 4.69) is 11.2 Å². The van der Waals surface area contributed by atoms with Crippen molar-refractivity contribution in [1.82, 2.24) is 9.88 Å². The van der Waals surface area contributed by atoms with Crippen LogP contribution in [0.5, 0.6) is 0 Å². The van der Waals surface area contributed by atoms with Crippen molar-refractivity contribution in [3.8, 4) is 12.3 Å². The van der Waals surface area contributed by atoms with Crippen LogP contribution < -0.4 is 11.1 Å². The maximum atomic E-state index is 12.0. The normalized spacial score (nSPS) is 12.2. The quantitative estimate of drug-likeness (QED) is 0.779. The van der Waals surface area contributed by atoms with Gasteiger partial charge in [0.2, 0.25) is 0 Å². The third-order valence-corrected chi connectivity index (χ3v) is 2.57. The maximum Gasteiger partial charge on any atom is 0.268 e. The van der Waals surface area contributed by atoms with Crippen LogP contribution in [0, 0.1) is 12.3 Å². The van der Waals surface area contributed by atoms with Crippen LogP contribution in [0.25, 0.3) is 0 Å². The van der Waals surface area contributed by atoms with Crippen molar-refractivity contribution in [3.05, 3.63) is 18.0 Å². The molecule has 0 aromatic carbocycles. The lowest BCUT2D eigenvalue weighted by Gasteiger charge is -2.14. The Morgan fingerprint density at radius 2 is 2.29 bits per heavy atom. The molecule has 92 valence electrons. The highest BCUT2D eigenvalue weighted by atomic mass is 16.2. The lowest BCUT2D eigenvalue weighted by molar-refractivity contribution is 0.0934. The van der Waals surface area contributed by atoms with Crippen LogP contribution in [0.4, 0.5) is 5.69 Å². The molecule has 17 heavy (non-hydrogen) atoms. The zero-order valence-corrected chi connectivity index (χ0v) is 10.5. The summed E-state index contributed by atoms with van der Waals surface area (Å²) in [6, 6.07) is 1.61. The Hall–Kier alpha value is -1.89. The second-order valence-corrected chi connectivity index (χ2v) is 4.26. The monoisotopic (exact) mass is 233 g/mol. The van der Waals surface area contributed by atoms with Gasteiger partial charge in [0.25, 0.3) is 5.91 Å². The van der Waals surface area contributed by atoms with Crippen molar-refractivity contribution in [2.75, 3.05) is 5.73 Å². The largest absolute Gasteiger partial charge is 0.397 e. The van der Waals surface area contributed by atoms with Gasteiger partial charge in [0.15, 0.2) is 0 Å². The molecule has 1 aromatic rings. The molecule has 0 bridgehead atoms. The molecule has 1 rings (SSSR count). The first-order chi connectivity index (χ1) is 7.99. The first-order valence-electron chi connectivity index (χ1n) is 5.73. The molecule has 0 aliphatic heterocycles. The molecule has 0 radical (unpaired) electrons. The molecule has 4 heteroatoms. The van der Waals surface area contributed by atoms with Gasteiger partial charge in [-0.15, -0.1) is 6.42 Å². The Morgan fingerprint density at radius 1 is 1.65 bits per heavy atom. The van der Waals surface area contributed by atoms with Crippen molar-refractivity contribution < 1.29 is 4.79 Å². The van der Waals surface area contributed by atoms with Gasteiger partial charge < -0.3 is 15.6 Å². The highest BCUT2D eigenvalue weighted by Gasteiger charge is 2.16. The van der Waals surface area contributed by atoms with Crippen LogP contribution in [0.2, 0.25) is 0 Å². The zero-order valence-electron chi connectivity index (χ0n) is 10.5. The number of hydrogen-bond acceptors (Lipinski definition) is 2. The lowest BCUT2D eigenvalue weighted by Crippen LogP contribution is -2.34. The van der Waals surface area contributed by atoms with Gasteiger partial charge in [0.05, 0.1) is 11.7 Å². The number of rotatable bonds is 4. The van der Waals surface area contributed by atoms with E-state index in [4.69, 9.17) is 12.2 Å². The number of carbonyl (C=O) groups is 1. The number of nitrogens with one attached hydrogen (secondary N) is 1. The predicted octanol–water partition coefficient (Wildman–Crippen LogP) is 1.79. The second-order valence-electron chi connectivity index (χ2n) is 4.26. The summed E-state index contributed by atoms with van der Waals surface area (Å²) in [6.07, 6.45) is 7.79. The highest BCUT2D eigenvalue weighted by molar-refractivity contribution is 5.94. The Morgan fingerprint density at radius 3 is 2.76 bits per heavy atom. The van der Waals surface area contributed by atoms with Crippen LogP contribution in [-0.2, 0) is 0 Å². The van der Waals surface area contributed by atoms with Gasteiger partial charge in [-0.25, -0.2) is 0 Å². The molecule has 0 fully saturated rings. The summed E-state index contributed by atoms with van der Waals surface area (Å²) in [5.74, 6) is 2.36. The van der Waals surface area contributed by atoms with Crippen LogP contribution in [0.1, 0.15) is 43.7 Å². The topological polar surface area (TPSA) is 60.1 Å². The summed E-state index contributed by atoms with van der Waals surface area (Å²) in [5.41, 5.74) is 6.84. The molecule has 1 unspecified atom stereocenters. The Labute approximate surface area is 102 Å². The van der Waals surface area contributed by atoms with Gasteiger partial charge in [0.1, 0.15) is 5.69 Å². The van der Waals surface area contributed by atoms with E-state index in [1.165, 1.54) is 0 Å². The molecule has 0 saturated heterocycles. The van der Waals surface area contributed by atoms with Gasteiger partial charge in [-0.1, -0.05) is 12.8 Å². The smallest absolute Gasteiger partial charge is 0.268 e. The molecule has 1 amide bonds. The average molecular weight is 233 g/mol. The minimum absolute atomic E-state index is 0.180. The van der Waals surface area contributed by atoms with E-state index in [1.54, 1.807) is 12.3 Å². The van der Waals surface area contributed by atoms with Crippen molar-refractivity contribution in [2.24, 2.45) is 0 Å². The molecule has 1 heterocycles. The minimum Gasteiger partial charge on any atom is -0.397 e. The van der Waals surface area contributed by atoms with Crippen molar-refractivity contribution in [3.63, 3.8) is 0 Å². The first kappa shape index (κ1) is 13.2.